The van der Waals surface area contributed by atoms with Crippen LogP contribution in [-0.4, -0.2) is 45.0 Å². The summed E-state index contributed by atoms with van der Waals surface area (Å²) in [6.07, 6.45) is 3.85. The van der Waals surface area contributed by atoms with Crippen LogP contribution >= 0.6 is 39.9 Å². The number of rotatable bonds is 8. The number of aliphatic carboxylic acids is 1. The molecular formula is C17H18BrNO5S2. The minimum Gasteiger partial charge on any atom is -0.504 e. The Morgan fingerprint density at radius 3 is 2.77 bits per heavy atom. The minimum absolute atomic E-state index is 0.00503. The Hall–Kier alpha value is -1.58. The Morgan fingerprint density at radius 2 is 2.12 bits per heavy atom. The number of benzene rings is 1. The summed E-state index contributed by atoms with van der Waals surface area (Å²) < 4.78 is 6.22. The number of methoxy groups -OCH3 is 1. The number of carboxylic acids is 1. The summed E-state index contributed by atoms with van der Waals surface area (Å²) in [6, 6.07) is 3.14. The number of thiocarbonyl (C=S) groups is 1. The largest absolute Gasteiger partial charge is 0.504 e. The molecule has 0 aromatic heterocycles. The average molecular weight is 460 g/mol. The molecule has 9 heteroatoms. The third-order valence-corrected chi connectivity index (χ3v) is 5.80. The van der Waals surface area contributed by atoms with Gasteiger partial charge in [0.2, 0.25) is 0 Å². The Labute approximate surface area is 169 Å². The zero-order valence-corrected chi connectivity index (χ0v) is 17.2. The first-order valence-corrected chi connectivity index (χ1v) is 9.89. The highest BCUT2D eigenvalue weighted by atomic mass is 79.9. The SMILES string of the molecule is COc1cc(/C=C2\SC(=S)N(CCCCCC(=O)O)C2=O)c(Br)cc1O. The highest BCUT2D eigenvalue weighted by Gasteiger charge is 2.31. The second-order valence-electron chi connectivity index (χ2n) is 5.58. The monoisotopic (exact) mass is 459 g/mol. The van der Waals surface area contributed by atoms with Crippen LogP contribution < -0.4 is 4.74 Å². The smallest absolute Gasteiger partial charge is 0.303 e. The summed E-state index contributed by atoms with van der Waals surface area (Å²) in [7, 11) is 1.45. The van der Waals surface area contributed by atoms with E-state index in [2.05, 4.69) is 15.9 Å². The lowest BCUT2D eigenvalue weighted by atomic mass is 10.1. The molecule has 1 aromatic carbocycles. The number of aromatic hydroxyl groups is 1. The molecule has 0 spiro atoms. The predicted molar refractivity (Wildman–Crippen MR) is 108 cm³/mol. The maximum atomic E-state index is 12.6. The van der Waals surface area contributed by atoms with Crippen LogP contribution in [0.1, 0.15) is 31.2 Å². The Bertz CT molecular complexity index is 766. The van der Waals surface area contributed by atoms with Crippen LogP contribution in [0.15, 0.2) is 21.5 Å². The second kappa shape index (κ2) is 9.38. The molecule has 1 fully saturated rings. The normalized spacial score (nSPS) is 15.8. The van der Waals surface area contributed by atoms with Crippen LogP contribution in [0.25, 0.3) is 6.08 Å². The van der Waals surface area contributed by atoms with Crippen molar-refractivity contribution in [3.8, 4) is 11.5 Å². The zero-order chi connectivity index (χ0) is 19.3. The van der Waals surface area contributed by atoms with Crippen molar-refractivity contribution in [1.29, 1.82) is 0 Å². The first-order valence-electron chi connectivity index (χ1n) is 7.87. The van der Waals surface area contributed by atoms with Crippen molar-refractivity contribution in [2.45, 2.75) is 25.7 Å². The van der Waals surface area contributed by atoms with Crippen molar-refractivity contribution in [1.82, 2.24) is 4.90 Å². The Morgan fingerprint density at radius 1 is 1.38 bits per heavy atom. The molecule has 140 valence electrons. The fourth-order valence-corrected chi connectivity index (χ4v) is 4.13. The van der Waals surface area contributed by atoms with E-state index < -0.39 is 5.97 Å². The van der Waals surface area contributed by atoms with E-state index in [-0.39, 0.29) is 18.1 Å². The standard InChI is InChI=1S/C17H18BrNO5S2/c1-24-13-7-10(11(18)9-12(13)20)8-14-16(23)19(17(25)26-14)6-4-2-3-5-15(21)22/h7-9,20H,2-6H2,1H3,(H,21,22)/b14-8-. The van der Waals surface area contributed by atoms with E-state index in [1.54, 1.807) is 12.1 Å². The number of hydrogen-bond acceptors (Lipinski definition) is 6. The molecule has 2 N–H and O–H groups in total. The highest BCUT2D eigenvalue weighted by Crippen LogP contribution is 2.37. The molecule has 0 unspecified atom stereocenters. The number of phenolic OH excluding ortho intramolecular Hbond substituents is 1. The number of carboxylic acid groups (broad SMARTS) is 1. The van der Waals surface area contributed by atoms with Gasteiger partial charge in [-0.2, -0.15) is 0 Å². The van der Waals surface area contributed by atoms with Crippen LogP contribution in [0.2, 0.25) is 0 Å². The van der Waals surface area contributed by atoms with E-state index in [1.165, 1.54) is 29.8 Å². The molecule has 0 atom stereocenters. The zero-order valence-electron chi connectivity index (χ0n) is 14.0. The number of hydrogen-bond donors (Lipinski definition) is 2. The van der Waals surface area contributed by atoms with Gasteiger partial charge in [0.05, 0.1) is 12.0 Å². The van der Waals surface area contributed by atoms with Crippen LogP contribution in [0.4, 0.5) is 0 Å². The quantitative estimate of drug-likeness (QED) is 0.344. The molecule has 1 aromatic rings. The molecule has 0 aliphatic carbocycles. The van der Waals surface area contributed by atoms with Gasteiger partial charge < -0.3 is 14.9 Å². The van der Waals surface area contributed by atoms with E-state index in [4.69, 9.17) is 22.1 Å². The van der Waals surface area contributed by atoms with E-state index in [1.807, 2.05) is 0 Å². The first-order chi connectivity index (χ1) is 12.3. The molecule has 1 heterocycles. The van der Waals surface area contributed by atoms with Crippen molar-refractivity contribution in [3.05, 3.63) is 27.1 Å². The van der Waals surface area contributed by atoms with Gasteiger partial charge in [-0.3, -0.25) is 14.5 Å². The van der Waals surface area contributed by atoms with Gasteiger partial charge in [-0.05, 0) is 36.6 Å². The number of halogens is 1. The molecule has 0 radical (unpaired) electrons. The van der Waals surface area contributed by atoms with Crippen molar-refractivity contribution in [3.63, 3.8) is 0 Å². The minimum atomic E-state index is -0.812. The van der Waals surface area contributed by atoms with Crippen molar-refractivity contribution in [2.75, 3.05) is 13.7 Å². The fourth-order valence-electron chi connectivity index (χ4n) is 2.39. The summed E-state index contributed by atoms with van der Waals surface area (Å²) >= 11 is 9.88. The van der Waals surface area contributed by atoms with Crippen LogP contribution in [-0.2, 0) is 9.59 Å². The lowest BCUT2D eigenvalue weighted by molar-refractivity contribution is -0.137. The lowest BCUT2D eigenvalue weighted by Gasteiger charge is -2.13. The predicted octanol–water partition coefficient (Wildman–Crippen LogP) is 4.01. The Kier molecular flexibility index (Phi) is 7.48. The molecule has 2 rings (SSSR count). The third-order valence-electron chi connectivity index (χ3n) is 3.73. The molecular weight excluding hydrogens is 442 g/mol. The number of thioether (sulfide) groups is 1. The van der Waals surface area contributed by atoms with Gasteiger partial charge in [0.15, 0.2) is 11.5 Å². The number of carbonyl (C=O) groups excluding carboxylic acids is 1. The number of nitrogens with zero attached hydrogens (tertiary/aromatic N) is 1. The molecule has 1 aliphatic rings. The summed E-state index contributed by atoms with van der Waals surface area (Å²) in [5, 5.41) is 18.4. The molecule has 6 nitrogen and oxygen atoms in total. The van der Waals surface area contributed by atoms with Gasteiger partial charge in [-0.1, -0.05) is 46.3 Å². The van der Waals surface area contributed by atoms with Gasteiger partial charge in [-0.15, -0.1) is 0 Å². The van der Waals surface area contributed by atoms with Crippen LogP contribution in [0.3, 0.4) is 0 Å². The van der Waals surface area contributed by atoms with Crippen molar-refractivity contribution >= 4 is 62.2 Å². The number of unbranched alkanes of at least 4 members (excludes halogenated alkanes) is 2. The highest BCUT2D eigenvalue weighted by molar-refractivity contribution is 9.10. The number of amides is 1. The topological polar surface area (TPSA) is 87.1 Å². The molecule has 26 heavy (non-hydrogen) atoms. The maximum absolute atomic E-state index is 12.6. The molecule has 1 saturated heterocycles. The van der Waals surface area contributed by atoms with Gasteiger partial charge >= 0.3 is 5.97 Å². The van der Waals surface area contributed by atoms with Gasteiger partial charge in [-0.25, -0.2) is 0 Å². The summed E-state index contributed by atoms with van der Waals surface area (Å²) in [5.74, 6) is -0.663. The third kappa shape index (κ3) is 5.21. The number of ether oxygens (including phenoxy) is 1. The molecule has 1 aliphatic heterocycles. The summed E-state index contributed by atoms with van der Waals surface area (Å²) in [4.78, 5) is 25.1. The van der Waals surface area contributed by atoms with E-state index in [0.29, 0.717) is 44.4 Å². The van der Waals surface area contributed by atoms with Crippen LogP contribution in [0.5, 0.6) is 11.5 Å². The molecule has 0 saturated carbocycles. The maximum Gasteiger partial charge on any atom is 0.303 e. The fraction of sp³-hybridized carbons (Fsp3) is 0.353. The van der Waals surface area contributed by atoms with Crippen LogP contribution in [0, 0.1) is 0 Å². The summed E-state index contributed by atoms with van der Waals surface area (Å²) in [6.45, 7) is 0.474. The summed E-state index contributed by atoms with van der Waals surface area (Å²) in [5.41, 5.74) is 0.696. The van der Waals surface area contributed by atoms with E-state index >= 15 is 0 Å². The second-order valence-corrected chi connectivity index (χ2v) is 8.11. The van der Waals surface area contributed by atoms with Gasteiger partial charge in [0.1, 0.15) is 4.32 Å². The van der Waals surface area contributed by atoms with E-state index in [9.17, 15) is 14.7 Å². The average Bonchev–Trinajstić information content (AvgIpc) is 2.83. The lowest BCUT2D eigenvalue weighted by Crippen LogP contribution is -2.29. The van der Waals surface area contributed by atoms with E-state index in [0.717, 1.165) is 6.42 Å². The number of carbonyl (C=O) groups is 2. The van der Waals surface area contributed by atoms with Crippen molar-refractivity contribution in [2.24, 2.45) is 0 Å². The first kappa shape index (κ1) is 20.7. The van der Waals surface area contributed by atoms with Crippen molar-refractivity contribution < 1.29 is 24.5 Å². The van der Waals surface area contributed by atoms with Gasteiger partial charge in [0, 0.05) is 17.4 Å². The Balaban J connectivity index is 2.06. The van der Waals surface area contributed by atoms with Gasteiger partial charge in [0.25, 0.3) is 5.91 Å². The molecule has 0 bridgehead atoms. The number of phenols is 1. The molecule has 1 amide bonds.